The van der Waals surface area contributed by atoms with Gasteiger partial charge >= 0.3 is 0 Å². The summed E-state index contributed by atoms with van der Waals surface area (Å²) in [5.41, 5.74) is 4.48. The van der Waals surface area contributed by atoms with Crippen LogP contribution in [-0.4, -0.2) is 5.11 Å². The van der Waals surface area contributed by atoms with E-state index in [-0.39, 0.29) is 0 Å². The summed E-state index contributed by atoms with van der Waals surface area (Å²) in [4.78, 5) is 0. The second-order valence-corrected chi connectivity index (χ2v) is 4.36. The Morgan fingerprint density at radius 3 is 2.29 bits per heavy atom. The summed E-state index contributed by atoms with van der Waals surface area (Å²) in [6.45, 7) is 4.80. The van der Waals surface area contributed by atoms with Crippen LogP contribution < -0.4 is 5.32 Å². The maximum atomic E-state index is 9.66. The maximum Gasteiger partial charge on any atom is 0.120 e. The van der Waals surface area contributed by atoms with Crippen LogP contribution in [0.3, 0.4) is 0 Å². The van der Waals surface area contributed by atoms with Gasteiger partial charge in [0.05, 0.1) is 0 Å². The van der Waals surface area contributed by atoms with Crippen molar-refractivity contribution < 1.29 is 5.11 Å². The first-order valence-electron chi connectivity index (χ1n) is 5.74. The monoisotopic (exact) mass is 227 g/mol. The molecule has 2 aromatic carbocycles. The fourth-order valence-corrected chi connectivity index (χ4v) is 1.93. The number of para-hydroxylation sites is 1. The van der Waals surface area contributed by atoms with E-state index in [0.29, 0.717) is 12.3 Å². The van der Waals surface area contributed by atoms with E-state index in [2.05, 4.69) is 37.4 Å². The number of phenolic OH excluding ortho intramolecular Hbond substituents is 1. The summed E-state index contributed by atoms with van der Waals surface area (Å²) in [6.07, 6.45) is 0. The summed E-state index contributed by atoms with van der Waals surface area (Å²) >= 11 is 0. The Kier molecular flexibility index (Phi) is 3.33. The number of anilines is 1. The van der Waals surface area contributed by atoms with Crippen LogP contribution in [0.2, 0.25) is 0 Å². The van der Waals surface area contributed by atoms with Gasteiger partial charge in [0.15, 0.2) is 0 Å². The average molecular weight is 227 g/mol. The summed E-state index contributed by atoms with van der Waals surface area (Å²) < 4.78 is 0. The molecule has 0 aliphatic rings. The number of benzene rings is 2. The Morgan fingerprint density at radius 1 is 1.00 bits per heavy atom. The van der Waals surface area contributed by atoms with Gasteiger partial charge in [-0.15, -0.1) is 0 Å². The molecule has 0 radical (unpaired) electrons. The normalized spacial score (nSPS) is 10.2. The van der Waals surface area contributed by atoms with Crippen molar-refractivity contribution in [3.05, 3.63) is 59.2 Å². The van der Waals surface area contributed by atoms with E-state index in [9.17, 15) is 5.11 Å². The lowest BCUT2D eigenvalue weighted by atomic mass is 10.1. The minimum atomic E-state index is 0.337. The lowest BCUT2D eigenvalue weighted by molar-refractivity contribution is 0.469. The quantitative estimate of drug-likeness (QED) is 0.839. The number of phenols is 1. The molecule has 0 saturated heterocycles. The third-order valence-corrected chi connectivity index (χ3v) is 2.70. The molecule has 0 amide bonds. The van der Waals surface area contributed by atoms with Gasteiger partial charge in [0, 0.05) is 17.8 Å². The Balaban J connectivity index is 2.10. The molecule has 0 unspecified atom stereocenters. The van der Waals surface area contributed by atoms with Crippen molar-refractivity contribution in [1.29, 1.82) is 0 Å². The van der Waals surface area contributed by atoms with Gasteiger partial charge in [-0.2, -0.15) is 0 Å². The number of hydrogen-bond acceptors (Lipinski definition) is 2. The van der Waals surface area contributed by atoms with Crippen molar-refractivity contribution >= 4 is 5.69 Å². The van der Waals surface area contributed by atoms with Crippen LogP contribution in [0.5, 0.6) is 5.75 Å². The summed E-state index contributed by atoms with van der Waals surface area (Å²) in [7, 11) is 0. The molecule has 2 nitrogen and oxygen atoms in total. The van der Waals surface area contributed by atoms with Gasteiger partial charge in [-0.1, -0.05) is 24.3 Å². The van der Waals surface area contributed by atoms with E-state index < -0.39 is 0 Å². The van der Waals surface area contributed by atoms with E-state index in [1.54, 1.807) is 6.07 Å². The Bertz CT molecular complexity index is 500. The molecular weight excluding hydrogens is 210 g/mol. The fraction of sp³-hybridized carbons (Fsp3) is 0.200. The molecule has 0 atom stereocenters. The third kappa shape index (κ3) is 3.00. The van der Waals surface area contributed by atoms with Crippen LogP contribution in [0.4, 0.5) is 5.69 Å². The topological polar surface area (TPSA) is 32.3 Å². The Hall–Kier alpha value is -1.96. The van der Waals surface area contributed by atoms with Gasteiger partial charge in [0.1, 0.15) is 5.75 Å². The molecule has 17 heavy (non-hydrogen) atoms. The zero-order chi connectivity index (χ0) is 12.3. The predicted octanol–water partition coefficient (Wildman–Crippen LogP) is 3.62. The molecule has 88 valence electrons. The Morgan fingerprint density at radius 2 is 1.65 bits per heavy atom. The third-order valence-electron chi connectivity index (χ3n) is 2.70. The molecule has 2 heteroatoms. The van der Waals surface area contributed by atoms with Crippen LogP contribution in [0.1, 0.15) is 16.7 Å². The maximum absolute atomic E-state index is 9.66. The highest BCUT2D eigenvalue weighted by Gasteiger charge is 2.00. The van der Waals surface area contributed by atoms with E-state index in [4.69, 9.17) is 0 Å². The molecule has 0 saturated carbocycles. The van der Waals surface area contributed by atoms with E-state index >= 15 is 0 Å². The molecule has 0 spiro atoms. The summed E-state index contributed by atoms with van der Waals surface area (Å²) in [5, 5.41) is 13.0. The summed E-state index contributed by atoms with van der Waals surface area (Å²) in [5.74, 6) is 0.337. The van der Waals surface area contributed by atoms with Gasteiger partial charge in [0.2, 0.25) is 0 Å². The second-order valence-electron chi connectivity index (χ2n) is 4.36. The smallest absolute Gasteiger partial charge is 0.120 e. The van der Waals surface area contributed by atoms with Gasteiger partial charge in [0.25, 0.3) is 0 Å². The van der Waals surface area contributed by atoms with Crippen molar-refractivity contribution in [2.45, 2.75) is 20.4 Å². The standard InChI is InChI=1S/C15H17NO/c1-11-7-12(2)9-14(8-11)16-10-13-5-3-4-6-15(13)17/h3-9,16-17H,10H2,1-2H3. The highest BCUT2D eigenvalue weighted by Crippen LogP contribution is 2.19. The van der Waals surface area contributed by atoms with Gasteiger partial charge in [-0.3, -0.25) is 0 Å². The van der Waals surface area contributed by atoms with Crippen molar-refractivity contribution in [1.82, 2.24) is 0 Å². The predicted molar refractivity (Wildman–Crippen MR) is 71.3 cm³/mol. The molecule has 0 heterocycles. The highest BCUT2D eigenvalue weighted by atomic mass is 16.3. The Labute approximate surface area is 102 Å². The lowest BCUT2D eigenvalue weighted by Crippen LogP contribution is -2.00. The van der Waals surface area contributed by atoms with E-state index in [1.165, 1.54) is 11.1 Å². The minimum absolute atomic E-state index is 0.337. The van der Waals surface area contributed by atoms with Crippen molar-refractivity contribution in [2.75, 3.05) is 5.32 Å². The van der Waals surface area contributed by atoms with Crippen LogP contribution in [0.15, 0.2) is 42.5 Å². The van der Waals surface area contributed by atoms with E-state index in [0.717, 1.165) is 11.3 Å². The second kappa shape index (κ2) is 4.91. The molecular formula is C15H17NO. The molecule has 0 fully saturated rings. The van der Waals surface area contributed by atoms with Crippen LogP contribution in [0.25, 0.3) is 0 Å². The first kappa shape index (κ1) is 11.5. The summed E-state index contributed by atoms with van der Waals surface area (Å²) in [6, 6.07) is 13.7. The van der Waals surface area contributed by atoms with Crippen molar-refractivity contribution in [2.24, 2.45) is 0 Å². The first-order chi connectivity index (χ1) is 8.15. The molecule has 0 aromatic heterocycles. The average Bonchev–Trinajstić information content (AvgIpc) is 2.27. The number of aryl methyl sites for hydroxylation is 2. The SMILES string of the molecule is Cc1cc(C)cc(NCc2ccccc2O)c1. The highest BCUT2D eigenvalue weighted by molar-refractivity contribution is 5.49. The van der Waals surface area contributed by atoms with E-state index in [1.807, 2.05) is 18.2 Å². The van der Waals surface area contributed by atoms with Crippen LogP contribution in [0, 0.1) is 13.8 Å². The molecule has 2 rings (SSSR count). The van der Waals surface area contributed by atoms with Gasteiger partial charge in [-0.25, -0.2) is 0 Å². The number of rotatable bonds is 3. The number of hydrogen-bond donors (Lipinski definition) is 2. The zero-order valence-electron chi connectivity index (χ0n) is 10.2. The molecule has 0 aliphatic heterocycles. The van der Waals surface area contributed by atoms with Gasteiger partial charge < -0.3 is 10.4 Å². The van der Waals surface area contributed by atoms with Crippen LogP contribution in [-0.2, 0) is 6.54 Å². The number of nitrogens with one attached hydrogen (secondary N) is 1. The number of aromatic hydroxyl groups is 1. The van der Waals surface area contributed by atoms with Crippen molar-refractivity contribution in [3.63, 3.8) is 0 Å². The molecule has 2 aromatic rings. The van der Waals surface area contributed by atoms with Crippen LogP contribution >= 0.6 is 0 Å². The minimum Gasteiger partial charge on any atom is -0.508 e. The van der Waals surface area contributed by atoms with Crippen molar-refractivity contribution in [3.8, 4) is 5.75 Å². The molecule has 2 N–H and O–H groups in total. The zero-order valence-corrected chi connectivity index (χ0v) is 10.2. The molecule has 0 aliphatic carbocycles. The fourth-order valence-electron chi connectivity index (χ4n) is 1.93. The largest absolute Gasteiger partial charge is 0.508 e. The molecule has 0 bridgehead atoms. The van der Waals surface area contributed by atoms with Gasteiger partial charge in [-0.05, 0) is 43.2 Å². The first-order valence-corrected chi connectivity index (χ1v) is 5.74. The lowest BCUT2D eigenvalue weighted by Gasteiger charge is -2.09.